The lowest BCUT2D eigenvalue weighted by atomic mass is 10.1. The van der Waals surface area contributed by atoms with E-state index in [1.165, 1.54) is 6.07 Å². The highest BCUT2D eigenvalue weighted by atomic mass is 79.9. The van der Waals surface area contributed by atoms with Crippen LogP contribution in [0, 0.1) is 19.7 Å². The molecule has 0 bridgehead atoms. The summed E-state index contributed by atoms with van der Waals surface area (Å²) < 4.78 is 14.6. The zero-order chi connectivity index (χ0) is 16.3. The second-order valence-electron chi connectivity index (χ2n) is 5.32. The zero-order valence-electron chi connectivity index (χ0n) is 12.8. The Kier molecular flexibility index (Phi) is 5.19. The van der Waals surface area contributed by atoms with E-state index in [9.17, 15) is 9.18 Å². The summed E-state index contributed by atoms with van der Waals surface area (Å²) in [6.07, 6.45) is 0. The largest absolute Gasteiger partial charge is 0.363 e. The van der Waals surface area contributed by atoms with Crippen molar-refractivity contribution in [3.05, 3.63) is 57.8 Å². The van der Waals surface area contributed by atoms with E-state index in [4.69, 9.17) is 0 Å². The van der Waals surface area contributed by atoms with Crippen LogP contribution in [0.3, 0.4) is 0 Å². The molecular formula is C17H18BrFN2O. The first-order valence-corrected chi connectivity index (χ1v) is 7.69. The molecule has 3 nitrogen and oxygen atoms in total. The predicted octanol–water partition coefficient (Wildman–Crippen LogP) is 4.28. The highest BCUT2D eigenvalue weighted by molar-refractivity contribution is 9.10. The van der Waals surface area contributed by atoms with Crippen molar-refractivity contribution in [1.29, 1.82) is 0 Å². The van der Waals surface area contributed by atoms with Gasteiger partial charge in [-0.15, -0.1) is 0 Å². The number of likely N-dealkylation sites (N-methyl/N-ethyl adjacent to an activating group) is 1. The lowest BCUT2D eigenvalue weighted by Crippen LogP contribution is -2.30. The molecule has 116 valence electrons. The molecule has 0 heterocycles. The van der Waals surface area contributed by atoms with Crippen molar-refractivity contribution in [3.63, 3.8) is 0 Å². The average Bonchev–Trinajstić information content (AvgIpc) is 2.41. The summed E-state index contributed by atoms with van der Waals surface area (Å²) in [5.41, 5.74) is 3.31. The van der Waals surface area contributed by atoms with Gasteiger partial charge >= 0.3 is 0 Å². The molecule has 0 unspecified atom stereocenters. The Balaban J connectivity index is 2.05. The molecule has 0 spiro atoms. The second kappa shape index (κ2) is 6.92. The van der Waals surface area contributed by atoms with Crippen LogP contribution in [-0.4, -0.2) is 19.5 Å². The molecular weight excluding hydrogens is 347 g/mol. The van der Waals surface area contributed by atoms with Crippen LogP contribution < -0.4 is 10.2 Å². The van der Waals surface area contributed by atoms with E-state index >= 15 is 0 Å². The van der Waals surface area contributed by atoms with E-state index in [1.54, 1.807) is 24.1 Å². The van der Waals surface area contributed by atoms with Gasteiger partial charge in [-0.2, -0.15) is 0 Å². The van der Waals surface area contributed by atoms with Crippen molar-refractivity contribution in [2.75, 3.05) is 23.8 Å². The molecule has 0 aromatic heterocycles. The maximum Gasteiger partial charge on any atom is 0.243 e. The van der Waals surface area contributed by atoms with Gasteiger partial charge in [0, 0.05) is 17.2 Å². The van der Waals surface area contributed by atoms with E-state index in [-0.39, 0.29) is 18.3 Å². The van der Waals surface area contributed by atoms with Crippen LogP contribution in [0.4, 0.5) is 15.8 Å². The fourth-order valence-electron chi connectivity index (χ4n) is 2.24. The highest BCUT2D eigenvalue weighted by Gasteiger charge is 2.12. The first-order chi connectivity index (χ1) is 10.4. The SMILES string of the molecule is Cc1ccc(NC(=O)CN(C)c2ccc(Br)cc2F)c(C)c1. The molecule has 0 atom stereocenters. The Labute approximate surface area is 138 Å². The Hall–Kier alpha value is -1.88. The third kappa shape index (κ3) is 4.07. The molecule has 22 heavy (non-hydrogen) atoms. The highest BCUT2D eigenvalue weighted by Crippen LogP contribution is 2.22. The summed E-state index contributed by atoms with van der Waals surface area (Å²) in [4.78, 5) is 13.7. The van der Waals surface area contributed by atoms with Gasteiger partial charge in [0.1, 0.15) is 5.82 Å². The fourth-order valence-corrected chi connectivity index (χ4v) is 2.57. The first kappa shape index (κ1) is 16.5. The average molecular weight is 365 g/mol. The number of aryl methyl sites for hydroxylation is 2. The Morgan fingerprint density at radius 2 is 1.95 bits per heavy atom. The molecule has 2 aromatic rings. The number of nitrogens with one attached hydrogen (secondary N) is 1. The molecule has 0 radical (unpaired) electrons. The summed E-state index contributed by atoms with van der Waals surface area (Å²) in [5.74, 6) is -0.548. The topological polar surface area (TPSA) is 32.3 Å². The number of amides is 1. The van der Waals surface area contributed by atoms with E-state index in [0.717, 1.165) is 16.8 Å². The number of hydrogen-bond donors (Lipinski definition) is 1. The van der Waals surface area contributed by atoms with Crippen molar-refractivity contribution in [2.24, 2.45) is 0 Å². The van der Waals surface area contributed by atoms with Crippen LogP contribution in [0.1, 0.15) is 11.1 Å². The minimum absolute atomic E-state index is 0.0753. The van der Waals surface area contributed by atoms with E-state index < -0.39 is 0 Å². The van der Waals surface area contributed by atoms with Gasteiger partial charge in [0.2, 0.25) is 5.91 Å². The lowest BCUT2D eigenvalue weighted by molar-refractivity contribution is -0.114. The van der Waals surface area contributed by atoms with Crippen LogP contribution in [-0.2, 0) is 4.79 Å². The lowest BCUT2D eigenvalue weighted by Gasteiger charge is -2.20. The molecule has 0 fully saturated rings. The molecule has 5 heteroatoms. The summed E-state index contributed by atoms with van der Waals surface area (Å²) in [6.45, 7) is 4.02. The standard InChI is InChI=1S/C17H18BrFN2O/c1-11-4-6-15(12(2)8-11)20-17(22)10-21(3)16-7-5-13(18)9-14(16)19/h4-9H,10H2,1-3H3,(H,20,22). The van der Waals surface area contributed by atoms with Gasteiger partial charge in [-0.1, -0.05) is 33.6 Å². The Morgan fingerprint density at radius 3 is 2.59 bits per heavy atom. The van der Waals surface area contributed by atoms with Gasteiger partial charge in [-0.3, -0.25) is 4.79 Å². The summed E-state index contributed by atoms with van der Waals surface area (Å²) in [7, 11) is 1.69. The van der Waals surface area contributed by atoms with Crippen molar-refractivity contribution in [1.82, 2.24) is 0 Å². The molecule has 1 amide bonds. The number of hydrogen-bond acceptors (Lipinski definition) is 2. The van der Waals surface area contributed by atoms with E-state index in [2.05, 4.69) is 21.2 Å². The van der Waals surface area contributed by atoms with E-state index in [1.807, 2.05) is 32.0 Å². The molecule has 0 saturated heterocycles. The predicted molar refractivity (Wildman–Crippen MR) is 91.9 cm³/mol. The molecule has 0 aliphatic heterocycles. The van der Waals surface area contributed by atoms with Gasteiger partial charge in [0.25, 0.3) is 0 Å². The molecule has 1 N–H and O–H groups in total. The smallest absolute Gasteiger partial charge is 0.243 e. The Bertz CT molecular complexity index is 703. The third-order valence-electron chi connectivity index (χ3n) is 3.36. The molecule has 2 rings (SSSR count). The monoisotopic (exact) mass is 364 g/mol. The third-order valence-corrected chi connectivity index (χ3v) is 3.85. The minimum Gasteiger partial charge on any atom is -0.363 e. The minimum atomic E-state index is -0.365. The van der Waals surface area contributed by atoms with Crippen LogP contribution in [0.25, 0.3) is 0 Å². The summed E-state index contributed by atoms with van der Waals surface area (Å²) in [5, 5.41) is 2.86. The normalized spacial score (nSPS) is 10.4. The molecule has 0 aliphatic carbocycles. The maximum atomic E-state index is 13.9. The zero-order valence-corrected chi connectivity index (χ0v) is 14.4. The fraction of sp³-hybridized carbons (Fsp3) is 0.235. The first-order valence-electron chi connectivity index (χ1n) is 6.90. The number of halogens is 2. The van der Waals surface area contributed by atoms with Crippen molar-refractivity contribution in [3.8, 4) is 0 Å². The molecule has 0 aliphatic rings. The second-order valence-corrected chi connectivity index (χ2v) is 6.23. The van der Waals surface area contributed by atoms with Gasteiger partial charge < -0.3 is 10.2 Å². The van der Waals surface area contributed by atoms with Crippen LogP contribution in [0.2, 0.25) is 0 Å². The molecule has 0 saturated carbocycles. The van der Waals surface area contributed by atoms with Crippen LogP contribution in [0.15, 0.2) is 40.9 Å². The van der Waals surface area contributed by atoms with Gasteiger partial charge in [-0.25, -0.2) is 4.39 Å². The van der Waals surface area contributed by atoms with Crippen molar-refractivity contribution < 1.29 is 9.18 Å². The van der Waals surface area contributed by atoms with Crippen molar-refractivity contribution in [2.45, 2.75) is 13.8 Å². The quantitative estimate of drug-likeness (QED) is 0.877. The van der Waals surface area contributed by atoms with E-state index in [0.29, 0.717) is 10.2 Å². The van der Waals surface area contributed by atoms with Gasteiger partial charge in [0.15, 0.2) is 0 Å². The van der Waals surface area contributed by atoms with Gasteiger partial charge in [-0.05, 0) is 43.7 Å². The number of anilines is 2. The maximum absolute atomic E-state index is 13.9. The Morgan fingerprint density at radius 1 is 1.23 bits per heavy atom. The number of benzene rings is 2. The number of carbonyl (C=O) groups excluding carboxylic acids is 1. The van der Waals surface area contributed by atoms with Gasteiger partial charge in [0.05, 0.1) is 12.2 Å². The van der Waals surface area contributed by atoms with Crippen LogP contribution >= 0.6 is 15.9 Å². The van der Waals surface area contributed by atoms with Crippen molar-refractivity contribution >= 4 is 33.2 Å². The summed E-state index contributed by atoms with van der Waals surface area (Å²) >= 11 is 3.22. The van der Waals surface area contributed by atoms with Crippen LogP contribution in [0.5, 0.6) is 0 Å². The molecule has 2 aromatic carbocycles. The number of nitrogens with zero attached hydrogens (tertiary/aromatic N) is 1. The number of rotatable bonds is 4. The summed E-state index contributed by atoms with van der Waals surface area (Å²) in [6, 6.07) is 10.6. The number of carbonyl (C=O) groups is 1.